The zero-order chi connectivity index (χ0) is 17.6. The van der Waals surface area contributed by atoms with Crippen LogP contribution < -0.4 is 17.0 Å². The van der Waals surface area contributed by atoms with Crippen LogP contribution in [-0.2, 0) is 11.3 Å². The van der Waals surface area contributed by atoms with Crippen LogP contribution in [0, 0.1) is 0 Å². The summed E-state index contributed by atoms with van der Waals surface area (Å²) in [5, 5.41) is 0. The number of likely N-dealkylation sites (N-methyl/N-ethyl adjacent to an activating group) is 1. The SMILES string of the molecule is C=C(C)CN(CC)CC(=O)c1c(N)n(CCOC)c(=O)[nH]c1=O. The number of Topliss-reactive ketones (excluding diaryl/α,β-unsaturated/α-hetero) is 1. The van der Waals surface area contributed by atoms with Gasteiger partial charge < -0.3 is 10.5 Å². The van der Waals surface area contributed by atoms with E-state index in [1.165, 1.54) is 7.11 Å². The number of nitrogen functional groups attached to an aromatic ring is 1. The fourth-order valence-corrected chi connectivity index (χ4v) is 2.21. The lowest BCUT2D eigenvalue weighted by Gasteiger charge is -2.20. The Kier molecular flexibility index (Phi) is 6.92. The van der Waals surface area contributed by atoms with Crippen LogP contribution in [0.1, 0.15) is 24.2 Å². The second-order valence-electron chi connectivity index (χ2n) is 5.35. The lowest BCUT2D eigenvalue weighted by molar-refractivity contribution is 0.0938. The summed E-state index contributed by atoms with van der Waals surface area (Å²) in [6.45, 7) is 9.17. The number of carbonyl (C=O) groups is 1. The Bertz CT molecular complexity index is 690. The highest BCUT2D eigenvalue weighted by atomic mass is 16.5. The van der Waals surface area contributed by atoms with E-state index in [2.05, 4.69) is 11.6 Å². The normalized spacial score (nSPS) is 11.0. The van der Waals surface area contributed by atoms with Gasteiger partial charge in [-0.05, 0) is 13.5 Å². The van der Waals surface area contributed by atoms with Gasteiger partial charge in [-0.2, -0.15) is 0 Å². The van der Waals surface area contributed by atoms with E-state index < -0.39 is 17.0 Å². The average Bonchev–Trinajstić information content (AvgIpc) is 2.45. The molecular formula is C15H24N4O4. The molecule has 8 heteroatoms. The molecule has 0 spiro atoms. The highest BCUT2D eigenvalue weighted by Crippen LogP contribution is 2.07. The van der Waals surface area contributed by atoms with E-state index in [4.69, 9.17) is 10.5 Å². The molecule has 128 valence electrons. The molecule has 0 atom stereocenters. The van der Waals surface area contributed by atoms with E-state index in [1.54, 1.807) is 0 Å². The Morgan fingerprint density at radius 2 is 2.04 bits per heavy atom. The molecule has 0 unspecified atom stereocenters. The lowest BCUT2D eigenvalue weighted by atomic mass is 10.1. The first kappa shape index (κ1) is 18.9. The van der Waals surface area contributed by atoms with E-state index in [0.29, 0.717) is 13.1 Å². The van der Waals surface area contributed by atoms with E-state index in [0.717, 1.165) is 10.1 Å². The van der Waals surface area contributed by atoms with Crippen LogP contribution in [0.5, 0.6) is 0 Å². The number of H-pyrrole nitrogens is 1. The highest BCUT2D eigenvalue weighted by Gasteiger charge is 2.21. The minimum Gasteiger partial charge on any atom is -0.384 e. The molecule has 1 heterocycles. The number of hydrogen-bond acceptors (Lipinski definition) is 6. The molecule has 0 aliphatic heterocycles. The summed E-state index contributed by atoms with van der Waals surface area (Å²) in [5.41, 5.74) is 5.17. The first-order valence-corrected chi connectivity index (χ1v) is 7.33. The van der Waals surface area contributed by atoms with Crippen LogP contribution in [0.25, 0.3) is 0 Å². The number of nitrogens with zero attached hydrogens (tertiary/aromatic N) is 2. The third-order valence-corrected chi connectivity index (χ3v) is 3.35. The van der Waals surface area contributed by atoms with E-state index in [1.807, 2.05) is 18.7 Å². The number of nitrogens with two attached hydrogens (primary N) is 1. The summed E-state index contributed by atoms with van der Waals surface area (Å²) < 4.78 is 6.03. The Labute approximate surface area is 134 Å². The summed E-state index contributed by atoms with van der Waals surface area (Å²) in [6.07, 6.45) is 0. The zero-order valence-electron chi connectivity index (χ0n) is 13.8. The van der Waals surface area contributed by atoms with Crippen LogP contribution in [0.3, 0.4) is 0 Å². The molecule has 0 aliphatic rings. The largest absolute Gasteiger partial charge is 0.384 e. The van der Waals surface area contributed by atoms with E-state index in [9.17, 15) is 14.4 Å². The molecule has 1 rings (SSSR count). The Balaban J connectivity index is 3.15. The number of nitrogens with one attached hydrogen (secondary N) is 1. The van der Waals surface area contributed by atoms with Gasteiger partial charge in [0.05, 0.1) is 19.7 Å². The number of methoxy groups -OCH3 is 1. The Morgan fingerprint density at radius 3 is 2.57 bits per heavy atom. The number of aromatic nitrogens is 2. The molecule has 8 nitrogen and oxygen atoms in total. The van der Waals surface area contributed by atoms with Crippen LogP contribution in [-0.4, -0.2) is 53.6 Å². The highest BCUT2D eigenvalue weighted by molar-refractivity contribution is 6.01. The molecule has 1 aromatic rings. The second-order valence-corrected chi connectivity index (χ2v) is 5.35. The van der Waals surface area contributed by atoms with Crippen LogP contribution in [0.4, 0.5) is 5.82 Å². The molecule has 0 saturated heterocycles. The van der Waals surface area contributed by atoms with Gasteiger partial charge in [0.15, 0.2) is 5.78 Å². The second kappa shape index (κ2) is 8.44. The van der Waals surface area contributed by atoms with E-state index >= 15 is 0 Å². The summed E-state index contributed by atoms with van der Waals surface area (Å²) >= 11 is 0. The molecule has 1 aromatic heterocycles. The smallest absolute Gasteiger partial charge is 0.330 e. The summed E-state index contributed by atoms with van der Waals surface area (Å²) in [6, 6.07) is 0. The monoisotopic (exact) mass is 324 g/mol. The maximum atomic E-state index is 12.5. The zero-order valence-corrected chi connectivity index (χ0v) is 13.8. The van der Waals surface area contributed by atoms with Gasteiger partial charge in [0.1, 0.15) is 11.4 Å². The molecule has 0 aliphatic carbocycles. The third-order valence-electron chi connectivity index (χ3n) is 3.35. The van der Waals surface area contributed by atoms with Crippen molar-refractivity contribution in [2.24, 2.45) is 0 Å². The van der Waals surface area contributed by atoms with Crippen LogP contribution in [0.2, 0.25) is 0 Å². The molecule has 0 saturated carbocycles. The van der Waals surface area contributed by atoms with Gasteiger partial charge in [-0.25, -0.2) is 4.79 Å². The number of anilines is 1. The molecule has 23 heavy (non-hydrogen) atoms. The number of rotatable bonds is 9. The van der Waals surface area contributed by atoms with Crippen LogP contribution >= 0.6 is 0 Å². The van der Waals surface area contributed by atoms with Gasteiger partial charge >= 0.3 is 5.69 Å². The third kappa shape index (κ3) is 4.90. The maximum absolute atomic E-state index is 12.5. The molecule has 0 fully saturated rings. The number of ether oxygens (including phenoxy) is 1. The first-order valence-electron chi connectivity index (χ1n) is 7.33. The van der Waals surface area contributed by atoms with Crippen molar-refractivity contribution in [1.82, 2.24) is 14.5 Å². The van der Waals surface area contributed by atoms with Gasteiger partial charge in [-0.15, -0.1) is 0 Å². The lowest BCUT2D eigenvalue weighted by Crippen LogP contribution is -2.40. The fourth-order valence-electron chi connectivity index (χ4n) is 2.21. The van der Waals surface area contributed by atoms with Gasteiger partial charge in [0.25, 0.3) is 5.56 Å². The Morgan fingerprint density at radius 1 is 1.39 bits per heavy atom. The van der Waals surface area contributed by atoms with Gasteiger partial charge in [-0.3, -0.25) is 24.0 Å². The van der Waals surface area contributed by atoms with Crippen molar-refractivity contribution in [2.45, 2.75) is 20.4 Å². The van der Waals surface area contributed by atoms with Gasteiger partial charge in [0, 0.05) is 13.7 Å². The summed E-state index contributed by atoms with van der Waals surface area (Å²) in [5.74, 6) is -0.565. The minimum atomic E-state index is -0.766. The standard InChI is InChI=1S/C15H24N4O4/c1-5-18(8-10(2)3)9-11(20)12-13(16)19(6-7-23-4)15(22)17-14(12)21/h2,5-9,16H2,1,3-4H3,(H,17,21,22). The fraction of sp³-hybridized carbons (Fsp3) is 0.533. The van der Waals surface area contributed by atoms with E-state index in [-0.39, 0.29) is 31.1 Å². The maximum Gasteiger partial charge on any atom is 0.330 e. The molecule has 3 N–H and O–H groups in total. The summed E-state index contributed by atoms with van der Waals surface area (Å²) in [7, 11) is 1.48. The van der Waals surface area contributed by atoms with Crippen molar-refractivity contribution >= 4 is 11.6 Å². The van der Waals surface area contributed by atoms with Crippen molar-refractivity contribution < 1.29 is 9.53 Å². The van der Waals surface area contributed by atoms with Crippen molar-refractivity contribution in [3.05, 3.63) is 38.6 Å². The number of ketones is 1. The minimum absolute atomic E-state index is 0.0269. The quantitative estimate of drug-likeness (QED) is 0.483. The predicted molar refractivity (Wildman–Crippen MR) is 88.9 cm³/mol. The molecule has 0 radical (unpaired) electrons. The van der Waals surface area contributed by atoms with Crippen molar-refractivity contribution in [2.75, 3.05) is 39.1 Å². The topological polar surface area (TPSA) is 110 Å². The Hall–Kier alpha value is -2.19. The first-order chi connectivity index (χ1) is 10.8. The molecule has 0 amide bonds. The average molecular weight is 324 g/mol. The summed E-state index contributed by atoms with van der Waals surface area (Å²) in [4.78, 5) is 40.2. The predicted octanol–water partition coefficient (Wildman–Crippen LogP) is -0.154. The van der Waals surface area contributed by atoms with Gasteiger partial charge in [-0.1, -0.05) is 19.1 Å². The van der Waals surface area contributed by atoms with Crippen molar-refractivity contribution in [1.29, 1.82) is 0 Å². The number of hydrogen-bond donors (Lipinski definition) is 2. The molecule has 0 aromatic carbocycles. The molecular weight excluding hydrogens is 300 g/mol. The van der Waals surface area contributed by atoms with Gasteiger partial charge in [0.2, 0.25) is 0 Å². The van der Waals surface area contributed by atoms with Crippen molar-refractivity contribution in [3.8, 4) is 0 Å². The number of aromatic amines is 1. The van der Waals surface area contributed by atoms with Crippen LogP contribution in [0.15, 0.2) is 21.7 Å². The molecule has 0 bridgehead atoms. The van der Waals surface area contributed by atoms with Crippen molar-refractivity contribution in [3.63, 3.8) is 0 Å². The number of carbonyl (C=O) groups excluding carboxylic acids is 1.